The van der Waals surface area contributed by atoms with Crippen LogP contribution in [0, 0.1) is 0 Å². The van der Waals surface area contributed by atoms with Crippen LogP contribution in [0.15, 0.2) is 0 Å². The molecule has 2 atom stereocenters. The summed E-state index contributed by atoms with van der Waals surface area (Å²) in [4.78, 5) is 17.0. The second-order valence-corrected chi connectivity index (χ2v) is 6.66. The summed E-state index contributed by atoms with van der Waals surface area (Å²) in [6.45, 7) is 7.74. The Kier molecular flexibility index (Phi) is 6.02. The van der Waals surface area contributed by atoms with Gasteiger partial charge in [0.2, 0.25) is 0 Å². The largest absolute Gasteiger partial charge is 0.468 e. The Hall–Kier alpha value is -0.650. The molecule has 5 heteroatoms. The van der Waals surface area contributed by atoms with Gasteiger partial charge in [-0.05, 0) is 59.3 Å². The summed E-state index contributed by atoms with van der Waals surface area (Å²) < 4.78 is 4.91. The molecular weight excluding hydrogens is 266 g/mol. The van der Waals surface area contributed by atoms with E-state index in [4.69, 9.17) is 4.74 Å². The summed E-state index contributed by atoms with van der Waals surface area (Å²) in [7, 11) is 3.29. The highest BCUT2D eigenvalue weighted by atomic mass is 16.5. The number of rotatable bonds is 6. The van der Waals surface area contributed by atoms with E-state index in [9.17, 15) is 4.79 Å². The van der Waals surface area contributed by atoms with Crippen molar-refractivity contribution in [2.24, 2.45) is 0 Å². The summed E-state index contributed by atoms with van der Waals surface area (Å²) in [6.07, 6.45) is 6.18. The number of methoxy groups -OCH3 is 1. The van der Waals surface area contributed by atoms with Crippen molar-refractivity contribution in [3.8, 4) is 0 Å². The summed E-state index contributed by atoms with van der Waals surface area (Å²) in [5, 5.41) is 3.12. The SMILES string of the molecule is CNC(C)(CCN1CCC(N2CCCCC2)C1)C(=O)OC. The van der Waals surface area contributed by atoms with Gasteiger partial charge in [-0.2, -0.15) is 0 Å². The molecule has 0 amide bonds. The van der Waals surface area contributed by atoms with Gasteiger partial charge >= 0.3 is 5.97 Å². The zero-order valence-electron chi connectivity index (χ0n) is 13.9. The quantitative estimate of drug-likeness (QED) is 0.744. The molecule has 2 fully saturated rings. The number of carbonyl (C=O) groups excluding carboxylic acids is 1. The fourth-order valence-corrected chi connectivity index (χ4v) is 3.53. The molecule has 5 nitrogen and oxygen atoms in total. The van der Waals surface area contributed by atoms with Crippen LogP contribution in [-0.4, -0.2) is 74.2 Å². The number of likely N-dealkylation sites (tertiary alicyclic amines) is 2. The van der Waals surface area contributed by atoms with Crippen LogP contribution in [0.1, 0.15) is 39.0 Å². The number of ether oxygens (including phenoxy) is 1. The van der Waals surface area contributed by atoms with Crippen LogP contribution in [0.2, 0.25) is 0 Å². The van der Waals surface area contributed by atoms with Gasteiger partial charge in [0.05, 0.1) is 7.11 Å². The van der Waals surface area contributed by atoms with E-state index in [1.54, 1.807) is 0 Å². The number of esters is 1. The normalized spacial score (nSPS) is 27.5. The summed E-state index contributed by atoms with van der Waals surface area (Å²) >= 11 is 0. The molecule has 0 bridgehead atoms. The van der Waals surface area contributed by atoms with Crippen molar-refractivity contribution in [1.82, 2.24) is 15.1 Å². The van der Waals surface area contributed by atoms with Gasteiger partial charge in [0, 0.05) is 19.1 Å². The highest BCUT2D eigenvalue weighted by Crippen LogP contribution is 2.21. The minimum absolute atomic E-state index is 0.170. The molecule has 122 valence electrons. The first kappa shape index (κ1) is 16.7. The molecule has 2 unspecified atom stereocenters. The second-order valence-electron chi connectivity index (χ2n) is 6.66. The molecule has 2 saturated heterocycles. The monoisotopic (exact) mass is 297 g/mol. The van der Waals surface area contributed by atoms with Gasteiger partial charge in [-0.25, -0.2) is 0 Å². The van der Waals surface area contributed by atoms with Crippen LogP contribution in [0.3, 0.4) is 0 Å². The van der Waals surface area contributed by atoms with Crippen LogP contribution in [0.25, 0.3) is 0 Å². The van der Waals surface area contributed by atoms with E-state index in [1.807, 2.05) is 14.0 Å². The van der Waals surface area contributed by atoms with E-state index < -0.39 is 5.54 Å². The Morgan fingerprint density at radius 2 is 2.00 bits per heavy atom. The average molecular weight is 297 g/mol. The van der Waals surface area contributed by atoms with E-state index >= 15 is 0 Å². The van der Waals surface area contributed by atoms with Gasteiger partial charge in [-0.15, -0.1) is 0 Å². The molecule has 2 heterocycles. The van der Waals surface area contributed by atoms with Gasteiger partial charge in [-0.3, -0.25) is 9.69 Å². The van der Waals surface area contributed by atoms with E-state index in [2.05, 4.69) is 15.1 Å². The molecule has 2 aliphatic rings. The first-order valence-corrected chi connectivity index (χ1v) is 8.33. The predicted molar refractivity (Wildman–Crippen MR) is 84.4 cm³/mol. The topological polar surface area (TPSA) is 44.8 Å². The number of carbonyl (C=O) groups is 1. The lowest BCUT2D eigenvalue weighted by molar-refractivity contribution is -0.148. The number of piperidine rings is 1. The van der Waals surface area contributed by atoms with E-state index in [1.165, 1.54) is 45.9 Å². The molecule has 0 aliphatic carbocycles. The van der Waals surface area contributed by atoms with E-state index in [-0.39, 0.29) is 5.97 Å². The van der Waals surface area contributed by atoms with Gasteiger partial charge in [0.1, 0.15) is 5.54 Å². The fraction of sp³-hybridized carbons (Fsp3) is 0.938. The third kappa shape index (κ3) is 4.18. The minimum atomic E-state index is -0.571. The van der Waals surface area contributed by atoms with Crippen LogP contribution in [0.5, 0.6) is 0 Å². The molecule has 0 spiro atoms. The van der Waals surface area contributed by atoms with Crippen LogP contribution in [-0.2, 0) is 9.53 Å². The molecule has 1 N–H and O–H groups in total. The van der Waals surface area contributed by atoms with E-state index in [0.29, 0.717) is 0 Å². The zero-order chi connectivity index (χ0) is 15.3. The summed E-state index contributed by atoms with van der Waals surface area (Å²) in [6, 6.07) is 0.726. The molecule has 0 saturated carbocycles. The predicted octanol–water partition coefficient (Wildman–Crippen LogP) is 1.09. The smallest absolute Gasteiger partial charge is 0.325 e. The van der Waals surface area contributed by atoms with Gasteiger partial charge < -0.3 is 15.0 Å². The van der Waals surface area contributed by atoms with Crippen molar-refractivity contribution in [2.75, 3.05) is 46.9 Å². The number of nitrogens with one attached hydrogen (secondary N) is 1. The Balaban J connectivity index is 1.78. The average Bonchev–Trinajstić information content (AvgIpc) is 3.01. The number of hydrogen-bond acceptors (Lipinski definition) is 5. The highest BCUT2D eigenvalue weighted by molar-refractivity contribution is 5.80. The molecular formula is C16H31N3O2. The zero-order valence-corrected chi connectivity index (χ0v) is 13.9. The molecule has 0 aromatic rings. The maximum absolute atomic E-state index is 11.9. The summed E-state index contributed by atoms with van der Waals surface area (Å²) in [5.74, 6) is -0.170. The third-order valence-electron chi connectivity index (χ3n) is 5.27. The molecule has 0 aromatic carbocycles. The number of nitrogens with zero attached hydrogens (tertiary/aromatic N) is 2. The van der Waals surface area contributed by atoms with Crippen molar-refractivity contribution in [1.29, 1.82) is 0 Å². The van der Waals surface area contributed by atoms with Gasteiger partial charge in [0.15, 0.2) is 0 Å². The standard InChI is InChI=1S/C16H31N3O2/c1-16(17-2,15(20)21-3)8-12-18-11-7-14(13-18)19-9-5-4-6-10-19/h14,17H,4-13H2,1-3H3. The molecule has 0 aromatic heterocycles. The Morgan fingerprint density at radius 1 is 1.29 bits per heavy atom. The molecule has 2 rings (SSSR count). The second kappa shape index (κ2) is 7.56. The van der Waals surface area contributed by atoms with Crippen molar-refractivity contribution in [3.63, 3.8) is 0 Å². The van der Waals surface area contributed by atoms with Crippen molar-refractivity contribution < 1.29 is 9.53 Å². The Bertz CT molecular complexity index is 344. The lowest BCUT2D eigenvalue weighted by Crippen LogP contribution is -2.50. The maximum Gasteiger partial charge on any atom is 0.325 e. The first-order valence-electron chi connectivity index (χ1n) is 8.33. The lowest BCUT2D eigenvalue weighted by Gasteiger charge is -2.32. The van der Waals surface area contributed by atoms with Gasteiger partial charge in [-0.1, -0.05) is 6.42 Å². The Morgan fingerprint density at radius 3 is 2.62 bits per heavy atom. The molecule has 0 radical (unpaired) electrons. The van der Waals surface area contributed by atoms with Gasteiger partial charge in [0.25, 0.3) is 0 Å². The fourth-order valence-electron chi connectivity index (χ4n) is 3.53. The Labute approximate surface area is 129 Å². The van der Waals surface area contributed by atoms with E-state index in [0.717, 1.165) is 32.1 Å². The first-order chi connectivity index (χ1) is 10.1. The highest BCUT2D eigenvalue weighted by Gasteiger charge is 2.34. The third-order valence-corrected chi connectivity index (χ3v) is 5.27. The van der Waals surface area contributed by atoms with Crippen LogP contribution < -0.4 is 5.32 Å². The number of hydrogen-bond donors (Lipinski definition) is 1. The minimum Gasteiger partial charge on any atom is -0.468 e. The maximum atomic E-state index is 11.9. The van der Waals surface area contributed by atoms with Crippen molar-refractivity contribution >= 4 is 5.97 Å². The number of likely N-dealkylation sites (N-methyl/N-ethyl adjacent to an activating group) is 1. The van der Waals surface area contributed by atoms with Crippen LogP contribution in [0.4, 0.5) is 0 Å². The summed E-state index contributed by atoms with van der Waals surface area (Å²) in [5.41, 5.74) is -0.571. The molecule has 2 aliphatic heterocycles. The molecule has 21 heavy (non-hydrogen) atoms. The van der Waals surface area contributed by atoms with Crippen molar-refractivity contribution in [2.45, 2.75) is 50.6 Å². The lowest BCUT2D eigenvalue weighted by atomic mass is 9.98. The van der Waals surface area contributed by atoms with Crippen molar-refractivity contribution in [3.05, 3.63) is 0 Å². The van der Waals surface area contributed by atoms with Crippen LogP contribution >= 0.6 is 0 Å².